The van der Waals surface area contributed by atoms with Crippen LogP contribution in [0.3, 0.4) is 0 Å². The summed E-state index contributed by atoms with van der Waals surface area (Å²) in [5.41, 5.74) is 4.90. The summed E-state index contributed by atoms with van der Waals surface area (Å²) in [4.78, 5) is 15.0. The fraction of sp³-hybridized carbons (Fsp3) is 0.536. The molecule has 1 amide bonds. The number of nitrogens with zero attached hydrogens (tertiary/aromatic N) is 1. The first-order chi connectivity index (χ1) is 15.7. The fourth-order valence-corrected chi connectivity index (χ4v) is 5.16. The minimum absolute atomic E-state index is 0.0933. The number of ether oxygens (including phenoxy) is 1. The molecular weight excluding hydrogens is 396 g/mol. The van der Waals surface area contributed by atoms with Gasteiger partial charge < -0.3 is 15.0 Å². The molecule has 0 radical (unpaired) electrons. The van der Waals surface area contributed by atoms with Crippen molar-refractivity contribution >= 4 is 5.91 Å². The van der Waals surface area contributed by atoms with Crippen molar-refractivity contribution in [3.63, 3.8) is 0 Å². The van der Waals surface area contributed by atoms with Gasteiger partial charge in [0.15, 0.2) is 0 Å². The number of carbonyl (C=O) groups excluding carboxylic acids is 1. The SMILES string of the molecule is CN(C(=O)c1ccc(OCC2CC2)cc1)[C@@H]1Cc2ccc(CNC3CCCCC3)cc2C1. The number of carbonyl (C=O) groups is 1. The zero-order valence-electron chi connectivity index (χ0n) is 19.3. The van der Waals surface area contributed by atoms with E-state index in [0.29, 0.717) is 6.04 Å². The average Bonchev–Trinajstić information content (AvgIpc) is 3.58. The normalized spacial score (nSPS) is 20.7. The van der Waals surface area contributed by atoms with Gasteiger partial charge in [0.25, 0.3) is 5.91 Å². The molecule has 4 heteroatoms. The van der Waals surface area contributed by atoms with E-state index in [-0.39, 0.29) is 11.9 Å². The van der Waals surface area contributed by atoms with E-state index < -0.39 is 0 Å². The average molecular weight is 433 g/mol. The van der Waals surface area contributed by atoms with Gasteiger partial charge in [0.05, 0.1) is 6.61 Å². The second-order valence-corrected chi connectivity index (χ2v) is 10.1. The van der Waals surface area contributed by atoms with Gasteiger partial charge in [-0.25, -0.2) is 0 Å². The first-order valence-corrected chi connectivity index (χ1v) is 12.5. The Morgan fingerprint density at radius 2 is 1.72 bits per heavy atom. The zero-order chi connectivity index (χ0) is 21.9. The van der Waals surface area contributed by atoms with Gasteiger partial charge >= 0.3 is 0 Å². The van der Waals surface area contributed by atoms with Gasteiger partial charge in [0, 0.05) is 31.2 Å². The van der Waals surface area contributed by atoms with Crippen molar-refractivity contribution in [3.05, 3.63) is 64.7 Å². The monoisotopic (exact) mass is 432 g/mol. The third-order valence-electron chi connectivity index (χ3n) is 7.53. The summed E-state index contributed by atoms with van der Waals surface area (Å²) in [5, 5.41) is 3.75. The van der Waals surface area contributed by atoms with Crippen molar-refractivity contribution in [2.24, 2.45) is 5.92 Å². The number of likely N-dealkylation sites (N-methyl/N-ethyl adjacent to an activating group) is 1. The van der Waals surface area contributed by atoms with Crippen LogP contribution >= 0.6 is 0 Å². The lowest BCUT2D eigenvalue weighted by Gasteiger charge is -2.24. The molecule has 2 fully saturated rings. The van der Waals surface area contributed by atoms with Crippen LogP contribution in [0.25, 0.3) is 0 Å². The van der Waals surface area contributed by atoms with Crippen LogP contribution in [0.1, 0.15) is 72.0 Å². The van der Waals surface area contributed by atoms with E-state index in [0.717, 1.165) is 43.2 Å². The number of fused-ring (bicyclic) bond motifs is 1. The molecule has 3 aliphatic carbocycles. The second kappa shape index (κ2) is 9.66. The predicted molar refractivity (Wildman–Crippen MR) is 128 cm³/mol. The van der Waals surface area contributed by atoms with E-state index in [9.17, 15) is 4.79 Å². The van der Waals surface area contributed by atoms with Crippen molar-refractivity contribution in [1.29, 1.82) is 0 Å². The van der Waals surface area contributed by atoms with Gasteiger partial charge in [-0.3, -0.25) is 4.79 Å². The highest BCUT2D eigenvalue weighted by Crippen LogP contribution is 2.30. The summed E-state index contributed by atoms with van der Waals surface area (Å²) < 4.78 is 5.81. The lowest BCUT2D eigenvalue weighted by Crippen LogP contribution is -2.37. The maximum absolute atomic E-state index is 13.1. The first-order valence-electron chi connectivity index (χ1n) is 12.5. The van der Waals surface area contributed by atoms with E-state index in [4.69, 9.17) is 4.74 Å². The molecule has 1 atom stereocenters. The molecule has 32 heavy (non-hydrogen) atoms. The number of benzene rings is 2. The molecule has 0 spiro atoms. The number of rotatable bonds is 8. The van der Waals surface area contributed by atoms with E-state index in [1.807, 2.05) is 36.2 Å². The Morgan fingerprint density at radius 3 is 2.47 bits per heavy atom. The van der Waals surface area contributed by atoms with Gasteiger partial charge in [-0.05, 0) is 85.4 Å². The number of nitrogens with one attached hydrogen (secondary N) is 1. The minimum atomic E-state index is 0.0933. The standard InChI is InChI=1S/C28H36N2O2/c1-30(28(31)22-11-13-27(14-12-22)32-19-20-7-8-20)26-16-23-10-9-21(15-24(23)17-26)18-29-25-5-3-2-4-6-25/h9-15,20,25-26,29H,2-8,16-19H2,1H3/t26-/m1/s1. The van der Waals surface area contributed by atoms with Crippen LogP contribution in [0.5, 0.6) is 5.75 Å². The Labute approximate surface area is 192 Å². The number of hydrogen-bond donors (Lipinski definition) is 1. The van der Waals surface area contributed by atoms with Crippen LogP contribution in [0.4, 0.5) is 0 Å². The lowest BCUT2D eigenvalue weighted by atomic mass is 9.95. The summed E-state index contributed by atoms with van der Waals surface area (Å²) in [5.74, 6) is 1.68. The Bertz CT molecular complexity index is 929. The van der Waals surface area contributed by atoms with Crippen molar-refractivity contribution in [1.82, 2.24) is 10.2 Å². The molecule has 4 nitrogen and oxygen atoms in total. The van der Waals surface area contributed by atoms with Gasteiger partial charge in [0.2, 0.25) is 0 Å². The topological polar surface area (TPSA) is 41.6 Å². The molecule has 0 aliphatic heterocycles. The second-order valence-electron chi connectivity index (χ2n) is 10.1. The van der Waals surface area contributed by atoms with Crippen molar-refractivity contribution in [2.45, 2.75) is 76.4 Å². The quantitative estimate of drug-likeness (QED) is 0.628. The molecular formula is C28H36N2O2. The zero-order valence-corrected chi connectivity index (χ0v) is 19.3. The molecule has 0 aromatic heterocycles. The fourth-order valence-electron chi connectivity index (χ4n) is 5.16. The van der Waals surface area contributed by atoms with Crippen LogP contribution in [-0.2, 0) is 19.4 Å². The highest BCUT2D eigenvalue weighted by molar-refractivity contribution is 5.94. The van der Waals surface area contributed by atoms with E-state index >= 15 is 0 Å². The van der Waals surface area contributed by atoms with Crippen molar-refractivity contribution in [3.8, 4) is 5.75 Å². The summed E-state index contributed by atoms with van der Waals surface area (Å²) in [6, 6.07) is 15.5. The van der Waals surface area contributed by atoms with Gasteiger partial charge in [-0.1, -0.05) is 37.5 Å². The molecule has 5 rings (SSSR count). The number of hydrogen-bond acceptors (Lipinski definition) is 3. The van der Waals surface area contributed by atoms with Crippen LogP contribution in [0.15, 0.2) is 42.5 Å². The molecule has 0 heterocycles. The molecule has 3 aliphatic rings. The summed E-state index contributed by atoms with van der Waals surface area (Å²) >= 11 is 0. The smallest absolute Gasteiger partial charge is 0.253 e. The maximum Gasteiger partial charge on any atom is 0.253 e. The van der Waals surface area contributed by atoms with E-state index in [1.165, 1.54) is 61.6 Å². The molecule has 2 saturated carbocycles. The minimum Gasteiger partial charge on any atom is -0.493 e. The first kappa shape index (κ1) is 21.5. The van der Waals surface area contributed by atoms with Crippen LogP contribution in [-0.4, -0.2) is 36.5 Å². The molecule has 0 unspecified atom stereocenters. The molecule has 0 saturated heterocycles. The third kappa shape index (κ3) is 5.17. The van der Waals surface area contributed by atoms with Crippen LogP contribution in [0.2, 0.25) is 0 Å². The Morgan fingerprint density at radius 1 is 0.969 bits per heavy atom. The molecule has 170 valence electrons. The predicted octanol–water partition coefficient (Wildman–Crippen LogP) is 5.14. The van der Waals surface area contributed by atoms with Gasteiger partial charge in [-0.15, -0.1) is 0 Å². The van der Waals surface area contributed by atoms with Crippen LogP contribution in [0, 0.1) is 5.92 Å². The molecule has 0 bridgehead atoms. The molecule has 2 aromatic rings. The maximum atomic E-state index is 13.1. The third-order valence-corrected chi connectivity index (χ3v) is 7.53. The van der Waals surface area contributed by atoms with Crippen molar-refractivity contribution in [2.75, 3.05) is 13.7 Å². The van der Waals surface area contributed by atoms with Gasteiger partial charge in [-0.2, -0.15) is 0 Å². The van der Waals surface area contributed by atoms with Crippen LogP contribution < -0.4 is 10.1 Å². The lowest BCUT2D eigenvalue weighted by molar-refractivity contribution is 0.0737. The van der Waals surface area contributed by atoms with E-state index in [1.54, 1.807) is 0 Å². The van der Waals surface area contributed by atoms with E-state index in [2.05, 4.69) is 23.5 Å². The summed E-state index contributed by atoms with van der Waals surface area (Å²) in [6.45, 7) is 1.75. The number of amides is 1. The van der Waals surface area contributed by atoms with Gasteiger partial charge in [0.1, 0.15) is 5.75 Å². The Kier molecular flexibility index (Phi) is 6.49. The largest absolute Gasteiger partial charge is 0.493 e. The summed E-state index contributed by atoms with van der Waals surface area (Å²) in [6.07, 6.45) is 11.2. The highest BCUT2D eigenvalue weighted by atomic mass is 16.5. The molecule has 2 aromatic carbocycles. The highest BCUT2D eigenvalue weighted by Gasteiger charge is 2.28. The summed E-state index contributed by atoms with van der Waals surface area (Å²) in [7, 11) is 1.95. The Balaban J connectivity index is 1.16. The van der Waals surface area contributed by atoms with Crippen molar-refractivity contribution < 1.29 is 9.53 Å². The molecule has 1 N–H and O–H groups in total. The Hall–Kier alpha value is -2.33.